The Hall–Kier alpha value is -1.12. The van der Waals surface area contributed by atoms with Crippen molar-refractivity contribution in [2.45, 2.75) is 65.3 Å². The van der Waals surface area contributed by atoms with Gasteiger partial charge in [-0.25, -0.2) is 9.97 Å². The van der Waals surface area contributed by atoms with E-state index < -0.39 is 0 Å². The Kier molecular flexibility index (Phi) is 3.97. The van der Waals surface area contributed by atoms with Crippen LogP contribution < -0.4 is 5.32 Å². The number of hydrogen-bond donors (Lipinski definition) is 1. The predicted octanol–water partition coefficient (Wildman–Crippen LogP) is 3.26. The molecule has 3 heteroatoms. The van der Waals surface area contributed by atoms with Crippen LogP contribution in [0.4, 0.5) is 5.82 Å². The maximum absolute atomic E-state index is 4.63. The summed E-state index contributed by atoms with van der Waals surface area (Å²) in [5.74, 6) is 1.97. The number of rotatable bonds is 2. The number of aryl methyl sites for hydroxylation is 2. The smallest absolute Gasteiger partial charge is 0.133 e. The first-order chi connectivity index (χ1) is 8.16. The second-order valence-electron chi connectivity index (χ2n) is 5.26. The molecule has 2 rings (SSSR count). The third-order valence-corrected chi connectivity index (χ3v) is 3.22. The molecule has 17 heavy (non-hydrogen) atoms. The van der Waals surface area contributed by atoms with Crippen LogP contribution in [0.25, 0.3) is 0 Å². The lowest BCUT2D eigenvalue weighted by atomic mass is 9.97. The Morgan fingerprint density at radius 1 is 1.00 bits per heavy atom. The predicted molar refractivity (Wildman–Crippen MR) is 71.4 cm³/mol. The maximum atomic E-state index is 4.63. The zero-order valence-corrected chi connectivity index (χ0v) is 11.2. The van der Waals surface area contributed by atoms with Crippen LogP contribution in [-0.2, 0) is 12.8 Å². The standard InChI is InChI=1S/C14H23N3/c1-10(2)15-14-12-8-6-4-5-7-9-13(12)16-11(3)17-14/h10H,4-9H2,1-3H3,(H,15,16,17). The van der Waals surface area contributed by atoms with Gasteiger partial charge in [0, 0.05) is 17.3 Å². The molecule has 1 aliphatic rings. The SMILES string of the molecule is Cc1nc2c(c(NC(C)C)n1)CCCCCC2. The summed E-state index contributed by atoms with van der Waals surface area (Å²) < 4.78 is 0. The van der Waals surface area contributed by atoms with E-state index >= 15 is 0 Å². The van der Waals surface area contributed by atoms with Gasteiger partial charge in [0.1, 0.15) is 11.6 Å². The van der Waals surface area contributed by atoms with Crippen molar-refractivity contribution >= 4 is 5.82 Å². The number of anilines is 1. The van der Waals surface area contributed by atoms with Gasteiger partial charge < -0.3 is 5.32 Å². The molecule has 0 radical (unpaired) electrons. The van der Waals surface area contributed by atoms with E-state index in [-0.39, 0.29) is 0 Å². The first-order valence-corrected chi connectivity index (χ1v) is 6.79. The summed E-state index contributed by atoms with van der Waals surface area (Å²) in [6.07, 6.45) is 7.47. The van der Waals surface area contributed by atoms with Gasteiger partial charge in [-0.3, -0.25) is 0 Å². The number of nitrogens with one attached hydrogen (secondary N) is 1. The fraction of sp³-hybridized carbons (Fsp3) is 0.714. The highest BCUT2D eigenvalue weighted by Crippen LogP contribution is 2.24. The monoisotopic (exact) mass is 233 g/mol. The Bertz CT molecular complexity index is 385. The summed E-state index contributed by atoms with van der Waals surface area (Å²) in [5.41, 5.74) is 2.64. The minimum Gasteiger partial charge on any atom is -0.368 e. The lowest BCUT2D eigenvalue weighted by molar-refractivity contribution is 0.605. The minimum absolute atomic E-state index is 0.429. The molecule has 0 aliphatic heterocycles. The van der Waals surface area contributed by atoms with Crippen LogP contribution in [0.2, 0.25) is 0 Å². The summed E-state index contributed by atoms with van der Waals surface area (Å²) in [6, 6.07) is 0.429. The van der Waals surface area contributed by atoms with Crippen molar-refractivity contribution < 1.29 is 0 Å². The zero-order chi connectivity index (χ0) is 12.3. The van der Waals surface area contributed by atoms with Gasteiger partial charge >= 0.3 is 0 Å². The van der Waals surface area contributed by atoms with Crippen LogP contribution >= 0.6 is 0 Å². The Morgan fingerprint density at radius 3 is 2.41 bits per heavy atom. The summed E-state index contributed by atoms with van der Waals surface area (Å²) in [6.45, 7) is 6.31. The van der Waals surface area contributed by atoms with E-state index in [9.17, 15) is 0 Å². The van der Waals surface area contributed by atoms with Crippen LogP contribution in [0.1, 0.15) is 56.6 Å². The Labute approximate surface area is 104 Å². The van der Waals surface area contributed by atoms with Crippen LogP contribution in [0.15, 0.2) is 0 Å². The van der Waals surface area contributed by atoms with E-state index in [2.05, 4.69) is 29.1 Å². The molecular formula is C14H23N3. The van der Waals surface area contributed by atoms with Gasteiger partial charge in [0.2, 0.25) is 0 Å². The molecule has 0 spiro atoms. The molecule has 94 valence electrons. The van der Waals surface area contributed by atoms with Crippen molar-refractivity contribution in [3.8, 4) is 0 Å². The molecule has 1 aromatic heterocycles. The number of fused-ring (bicyclic) bond motifs is 1. The van der Waals surface area contributed by atoms with E-state index in [0.717, 1.165) is 24.5 Å². The van der Waals surface area contributed by atoms with Crippen LogP contribution in [0, 0.1) is 6.92 Å². The van der Waals surface area contributed by atoms with Gasteiger partial charge in [0.05, 0.1) is 0 Å². The largest absolute Gasteiger partial charge is 0.368 e. The van der Waals surface area contributed by atoms with Gasteiger partial charge in [-0.1, -0.05) is 12.8 Å². The quantitative estimate of drug-likeness (QED) is 0.852. The fourth-order valence-electron chi connectivity index (χ4n) is 2.46. The summed E-state index contributed by atoms with van der Waals surface area (Å²) in [7, 11) is 0. The third-order valence-electron chi connectivity index (χ3n) is 3.22. The highest BCUT2D eigenvalue weighted by Gasteiger charge is 2.15. The van der Waals surface area contributed by atoms with Crippen LogP contribution in [-0.4, -0.2) is 16.0 Å². The number of nitrogens with zero attached hydrogens (tertiary/aromatic N) is 2. The first kappa shape index (κ1) is 12.3. The topological polar surface area (TPSA) is 37.8 Å². The highest BCUT2D eigenvalue weighted by molar-refractivity contribution is 5.47. The second-order valence-corrected chi connectivity index (χ2v) is 5.26. The second kappa shape index (κ2) is 5.48. The molecule has 0 aromatic carbocycles. The van der Waals surface area contributed by atoms with Gasteiger partial charge in [-0.15, -0.1) is 0 Å². The molecule has 0 fully saturated rings. The van der Waals surface area contributed by atoms with Crippen molar-refractivity contribution in [3.63, 3.8) is 0 Å². The first-order valence-electron chi connectivity index (χ1n) is 6.79. The van der Waals surface area contributed by atoms with Gasteiger partial charge in [-0.2, -0.15) is 0 Å². The number of aromatic nitrogens is 2. The van der Waals surface area contributed by atoms with Crippen LogP contribution in [0.5, 0.6) is 0 Å². The van der Waals surface area contributed by atoms with Crippen molar-refractivity contribution in [3.05, 3.63) is 17.1 Å². The van der Waals surface area contributed by atoms with E-state index in [0.29, 0.717) is 6.04 Å². The van der Waals surface area contributed by atoms with Gasteiger partial charge in [0.25, 0.3) is 0 Å². The van der Waals surface area contributed by atoms with Crippen molar-refractivity contribution in [2.75, 3.05) is 5.32 Å². The molecule has 0 amide bonds. The molecule has 0 atom stereocenters. The lowest BCUT2D eigenvalue weighted by Crippen LogP contribution is -2.16. The van der Waals surface area contributed by atoms with Gasteiger partial charge in [0.15, 0.2) is 0 Å². The average molecular weight is 233 g/mol. The van der Waals surface area contributed by atoms with Crippen LogP contribution in [0.3, 0.4) is 0 Å². The van der Waals surface area contributed by atoms with E-state index in [4.69, 9.17) is 0 Å². The van der Waals surface area contributed by atoms with E-state index in [1.165, 1.54) is 36.9 Å². The normalized spacial score (nSPS) is 16.2. The molecule has 0 saturated heterocycles. The molecule has 1 aliphatic carbocycles. The summed E-state index contributed by atoms with van der Waals surface area (Å²) >= 11 is 0. The van der Waals surface area contributed by atoms with Gasteiger partial charge in [-0.05, 0) is 46.5 Å². The Morgan fingerprint density at radius 2 is 1.71 bits per heavy atom. The van der Waals surface area contributed by atoms with E-state index in [1.807, 2.05) is 6.92 Å². The molecule has 0 unspecified atom stereocenters. The Balaban J connectivity index is 2.36. The fourth-order valence-corrected chi connectivity index (χ4v) is 2.46. The molecular weight excluding hydrogens is 210 g/mol. The highest BCUT2D eigenvalue weighted by atomic mass is 15.0. The van der Waals surface area contributed by atoms with Crippen molar-refractivity contribution in [1.29, 1.82) is 0 Å². The molecule has 3 nitrogen and oxygen atoms in total. The molecule has 1 heterocycles. The zero-order valence-electron chi connectivity index (χ0n) is 11.2. The molecule has 1 N–H and O–H groups in total. The molecule has 1 aromatic rings. The maximum Gasteiger partial charge on any atom is 0.133 e. The molecule has 0 saturated carbocycles. The number of hydrogen-bond acceptors (Lipinski definition) is 3. The third kappa shape index (κ3) is 3.18. The van der Waals surface area contributed by atoms with Crippen molar-refractivity contribution in [1.82, 2.24) is 9.97 Å². The van der Waals surface area contributed by atoms with E-state index in [1.54, 1.807) is 0 Å². The lowest BCUT2D eigenvalue weighted by Gasteiger charge is -2.19. The summed E-state index contributed by atoms with van der Waals surface area (Å²) in [4.78, 5) is 9.21. The molecule has 0 bridgehead atoms. The summed E-state index contributed by atoms with van der Waals surface area (Å²) in [5, 5.41) is 3.47. The average Bonchev–Trinajstić information content (AvgIpc) is 2.19. The van der Waals surface area contributed by atoms with Crippen molar-refractivity contribution in [2.24, 2.45) is 0 Å². The minimum atomic E-state index is 0.429.